The second kappa shape index (κ2) is 5.95. The Morgan fingerprint density at radius 2 is 1.81 bits per heavy atom. The number of unbranched alkanes of at least 4 members (excludes halogenated alkanes) is 1. The van der Waals surface area contributed by atoms with Gasteiger partial charge in [-0.15, -0.1) is 0 Å². The average molecular weight is 251 g/mol. The van der Waals surface area contributed by atoms with E-state index in [0.717, 1.165) is 26.1 Å². The molecule has 1 unspecified atom stereocenters. The number of hydrogen-bond donors (Lipinski definition) is 1. The molecule has 1 N–H and O–H groups in total. The average Bonchev–Trinajstić information content (AvgIpc) is 2.09. The van der Waals surface area contributed by atoms with E-state index in [0.29, 0.717) is 6.42 Å². The van der Waals surface area contributed by atoms with Crippen LogP contribution < -0.4 is 4.90 Å². The van der Waals surface area contributed by atoms with Crippen molar-refractivity contribution in [2.45, 2.75) is 38.9 Å². The van der Waals surface area contributed by atoms with Gasteiger partial charge < -0.3 is 14.2 Å². The third-order valence-electron chi connectivity index (χ3n) is 2.79. The van der Waals surface area contributed by atoms with Gasteiger partial charge >= 0.3 is 0 Å². The van der Waals surface area contributed by atoms with Crippen LogP contribution >= 0.6 is 0 Å². The summed E-state index contributed by atoms with van der Waals surface area (Å²) in [6, 6.07) is 0. The minimum absolute atomic E-state index is 0.234. The van der Waals surface area contributed by atoms with Crippen LogP contribution in [-0.4, -0.2) is 50.6 Å². The van der Waals surface area contributed by atoms with Gasteiger partial charge in [0.25, 0.3) is 0 Å². The fourth-order valence-electron chi connectivity index (χ4n) is 2.25. The van der Waals surface area contributed by atoms with Gasteiger partial charge in [-0.05, 0) is 26.7 Å². The van der Waals surface area contributed by atoms with Gasteiger partial charge in [0, 0.05) is 5.75 Å². The number of rotatable bonds is 5. The smallest absolute Gasteiger partial charge is 0.104 e. The van der Waals surface area contributed by atoms with E-state index >= 15 is 0 Å². The lowest BCUT2D eigenvalue weighted by Crippen LogP contribution is -3.15. The second-order valence-electron chi connectivity index (χ2n) is 4.63. The molecular weight excluding hydrogens is 230 g/mol. The zero-order valence-corrected chi connectivity index (χ0v) is 10.8. The van der Waals surface area contributed by atoms with E-state index < -0.39 is 10.1 Å². The highest BCUT2D eigenvalue weighted by Crippen LogP contribution is 1.99. The highest BCUT2D eigenvalue weighted by atomic mass is 32.2. The SMILES string of the molecule is C[C@@H]1C[NH+](CCCCS(=O)(=O)[O-])C[C@H](C)O1. The van der Waals surface area contributed by atoms with Crippen molar-refractivity contribution in [3.8, 4) is 0 Å². The van der Waals surface area contributed by atoms with E-state index in [9.17, 15) is 13.0 Å². The Kier molecular flexibility index (Phi) is 5.17. The molecule has 0 radical (unpaired) electrons. The molecule has 0 saturated carbocycles. The zero-order valence-electron chi connectivity index (χ0n) is 9.94. The molecule has 5 nitrogen and oxygen atoms in total. The summed E-state index contributed by atoms with van der Waals surface area (Å²) in [6.45, 7) is 6.96. The predicted molar refractivity (Wildman–Crippen MR) is 59.4 cm³/mol. The standard InChI is InChI=1S/C10H21NO4S/c1-9-7-11(8-10(2)15-9)5-3-4-6-16(12,13)14/h9-10H,3-8H2,1-2H3,(H,12,13,14)/t9-,10+. The first-order valence-electron chi connectivity index (χ1n) is 5.79. The summed E-state index contributed by atoms with van der Waals surface area (Å²) in [5.74, 6) is -0.234. The lowest BCUT2D eigenvalue weighted by atomic mass is 10.2. The van der Waals surface area contributed by atoms with Crippen LogP contribution in [0.5, 0.6) is 0 Å². The number of ether oxygens (including phenoxy) is 1. The van der Waals surface area contributed by atoms with Crippen LogP contribution in [-0.2, 0) is 14.9 Å². The van der Waals surface area contributed by atoms with Crippen LogP contribution in [0.4, 0.5) is 0 Å². The Morgan fingerprint density at radius 3 is 2.31 bits per heavy atom. The normalized spacial score (nSPS) is 31.6. The van der Waals surface area contributed by atoms with Gasteiger partial charge in [-0.2, -0.15) is 0 Å². The van der Waals surface area contributed by atoms with Crippen molar-refractivity contribution in [2.75, 3.05) is 25.4 Å². The van der Waals surface area contributed by atoms with E-state index in [4.69, 9.17) is 4.74 Å². The summed E-state index contributed by atoms with van der Waals surface area (Å²) in [5.41, 5.74) is 0. The van der Waals surface area contributed by atoms with Crippen LogP contribution in [0.1, 0.15) is 26.7 Å². The first-order chi connectivity index (χ1) is 7.37. The van der Waals surface area contributed by atoms with Crippen LogP contribution in [0, 0.1) is 0 Å². The molecule has 1 rings (SSSR count). The summed E-state index contributed by atoms with van der Waals surface area (Å²) in [4.78, 5) is 1.44. The number of quaternary nitrogens is 1. The van der Waals surface area contributed by atoms with Crippen molar-refractivity contribution in [1.82, 2.24) is 0 Å². The van der Waals surface area contributed by atoms with Crippen LogP contribution in [0.3, 0.4) is 0 Å². The Bertz CT molecular complexity index is 294. The maximum atomic E-state index is 10.4. The van der Waals surface area contributed by atoms with Crippen molar-refractivity contribution >= 4 is 10.1 Å². The van der Waals surface area contributed by atoms with Gasteiger partial charge in [-0.25, -0.2) is 8.42 Å². The third kappa shape index (κ3) is 5.79. The maximum Gasteiger partial charge on any atom is 0.104 e. The summed E-state index contributed by atoms with van der Waals surface area (Å²) >= 11 is 0. The number of hydrogen-bond acceptors (Lipinski definition) is 4. The summed E-state index contributed by atoms with van der Waals surface area (Å²) in [6.07, 6.45) is 1.79. The zero-order chi connectivity index (χ0) is 12.2. The summed E-state index contributed by atoms with van der Waals surface area (Å²) in [5, 5.41) is 0. The molecule has 16 heavy (non-hydrogen) atoms. The van der Waals surface area contributed by atoms with Gasteiger partial charge in [0.05, 0.1) is 16.7 Å². The molecule has 1 fully saturated rings. The molecular formula is C10H21NO4S. The monoisotopic (exact) mass is 251 g/mol. The molecule has 1 saturated heterocycles. The van der Waals surface area contributed by atoms with Crippen molar-refractivity contribution in [1.29, 1.82) is 0 Å². The van der Waals surface area contributed by atoms with Crippen LogP contribution in [0.25, 0.3) is 0 Å². The molecule has 6 heteroatoms. The van der Waals surface area contributed by atoms with Gasteiger partial charge in [-0.1, -0.05) is 0 Å². The Labute approximate surface area is 97.5 Å². The highest BCUT2D eigenvalue weighted by molar-refractivity contribution is 7.85. The van der Waals surface area contributed by atoms with E-state index in [1.54, 1.807) is 0 Å². The Hall–Kier alpha value is -0.170. The molecule has 0 aromatic carbocycles. The van der Waals surface area contributed by atoms with Crippen LogP contribution in [0.2, 0.25) is 0 Å². The second-order valence-corrected chi connectivity index (χ2v) is 6.16. The highest BCUT2D eigenvalue weighted by Gasteiger charge is 2.24. The van der Waals surface area contributed by atoms with Gasteiger partial charge in [0.15, 0.2) is 0 Å². The Balaban J connectivity index is 2.17. The molecule has 0 bridgehead atoms. The molecule has 3 atom stereocenters. The lowest BCUT2D eigenvalue weighted by molar-refractivity contribution is -0.915. The third-order valence-corrected chi connectivity index (χ3v) is 3.58. The first-order valence-corrected chi connectivity index (χ1v) is 7.37. The Morgan fingerprint density at radius 1 is 1.25 bits per heavy atom. The fourth-order valence-corrected chi connectivity index (χ4v) is 2.80. The quantitative estimate of drug-likeness (QED) is 0.503. The fraction of sp³-hybridized carbons (Fsp3) is 1.00. The number of nitrogens with one attached hydrogen (secondary N) is 1. The van der Waals surface area contributed by atoms with Crippen molar-refractivity contribution in [3.63, 3.8) is 0 Å². The topological polar surface area (TPSA) is 70.9 Å². The molecule has 0 aromatic rings. The van der Waals surface area contributed by atoms with Gasteiger partial charge in [-0.3, -0.25) is 0 Å². The van der Waals surface area contributed by atoms with Crippen molar-refractivity contribution in [2.24, 2.45) is 0 Å². The molecule has 0 amide bonds. The summed E-state index contributed by atoms with van der Waals surface area (Å²) in [7, 11) is -4.03. The van der Waals surface area contributed by atoms with Gasteiger partial charge in [0.2, 0.25) is 0 Å². The van der Waals surface area contributed by atoms with Crippen LogP contribution in [0.15, 0.2) is 0 Å². The molecule has 0 aromatic heterocycles. The van der Waals surface area contributed by atoms with Gasteiger partial charge in [0.1, 0.15) is 25.3 Å². The van der Waals surface area contributed by atoms with Crippen molar-refractivity contribution < 1.29 is 22.6 Å². The lowest BCUT2D eigenvalue weighted by Gasteiger charge is -2.32. The minimum Gasteiger partial charge on any atom is -0.748 e. The van der Waals surface area contributed by atoms with E-state index in [1.165, 1.54) is 4.90 Å². The van der Waals surface area contributed by atoms with E-state index in [-0.39, 0.29) is 18.0 Å². The van der Waals surface area contributed by atoms with E-state index in [2.05, 4.69) is 13.8 Å². The summed E-state index contributed by atoms with van der Waals surface area (Å²) < 4.78 is 36.8. The molecule has 1 aliphatic rings. The number of morpholine rings is 1. The molecule has 1 heterocycles. The molecule has 0 spiro atoms. The van der Waals surface area contributed by atoms with Crippen molar-refractivity contribution in [3.05, 3.63) is 0 Å². The predicted octanol–water partition coefficient (Wildman–Crippen LogP) is -0.996. The molecule has 1 aliphatic heterocycles. The minimum atomic E-state index is -4.03. The molecule has 0 aliphatic carbocycles. The molecule has 96 valence electrons. The largest absolute Gasteiger partial charge is 0.748 e. The first kappa shape index (κ1) is 13.9. The maximum absolute atomic E-state index is 10.4. The van der Waals surface area contributed by atoms with E-state index in [1.807, 2.05) is 0 Å².